The molecule has 3 N–H and O–H groups in total. The Hall–Kier alpha value is -0.540. The van der Waals surface area contributed by atoms with Crippen LogP contribution in [0.15, 0.2) is 15.0 Å². The molecule has 0 bridgehead atoms. The van der Waals surface area contributed by atoms with E-state index in [9.17, 15) is 0 Å². The first-order chi connectivity index (χ1) is 5.29. The molecule has 0 saturated heterocycles. The molecule has 0 amide bonds. The number of nitrogens with one attached hydrogen (secondary N) is 1. The molecule has 0 aromatic carbocycles. The number of hydrogen-bond acceptors (Lipinski definition) is 3. The maximum atomic E-state index is 5.42. The summed E-state index contributed by atoms with van der Waals surface area (Å²) in [7, 11) is 1.79. The molecule has 4 heteroatoms. The van der Waals surface area contributed by atoms with Gasteiger partial charge in [-0.3, -0.25) is 0 Å². The summed E-state index contributed by atoms with van der Waals surface area (Å²) in [4.78, 5) is 0. The van der Waals surface area contributed by atoms with Crippen LogP contribution in [0.5, 0.6) is 0 Å². The molecule has 0 unspecified atom stereocenters. The van der Waals surface area contributed by atoms with E-state index in [4.69, 9.17) is 12.2 Å². The molecule has 0 aliphatic heterocycles. The van der Waals surface area contributed by atoms with E-state index in [0.717, 1.165) is 5.57 Å². The van der Waals surface area contributed by atoms with Crippen LogP contribution in [-0.2, 0) is 0 Å². The number of nitrogens with two attached hydrogens (primary N) is 1. The molecule has 0 spiro atoms. The van der Waals surface area contributed by atoms with Crippen molar-refractivity contribution in [3.8, 4) is 12.3 Å². The van der Waals surface area contributed by atoms with Gasteiger partial charge in [-0.25, -0.2) is 3.21 Å². The van der Waals surface area contributed by atoms with Crippen LogP contribution in [0.4, 0.5) is 0 Å². The van der Waals surface area contributed by atoms with Crippen molar-refractivity contribution in [3.05, 3.63) is 11.8 Å². The predicted octanol–water partition coefficient (Wildman–Crippen LogP) is 0.473. The van der Waals surface area contributed by atoms with Gasteiger partial charge in [-0.05, 0) is 5.92 Å². The summed E-state index contributed by atoms with van der Waals surface area (Å²) in [5.74, 6) is 2.44. The van der Waals surface area contributed by atoms with Crippen molar-refractivity contribution >= 4 is 28.6 Å². The highest BCUT2D eigenvalue weighted by molar-refractivity contribution is 14.1. The van der Waals surface area contributed by atoms with Crippen molar-refractivity contribution in [1.82, 2.24) is 5.32 Å². The molecule has 0 aromatic rings. The van der Waals surface area contributed by atoms with Crippen LogP contribution in [0.2, 0.25) is 0 Å². The van der Waals surface area contributed by atoms with E-state index in [1.54, 1.807) is 13.2 Å². The number of terminal acetylenes is 1. The molecule has 0 aliphatic rings. The lowest BCUT2D eigenvalue weighted by atomic mass is 10.2. The topological polar surface area (TPSA) is 50.4 Å². The van der Waals surface area contributed by atoms with Gasteiger partial charge in [-0.15, -0.1) is 6.42 Å². The Labute approximate surface area is 80.6 Å². The van der Waals surface area contributed by atoms with Crippen molar-refractivity contribution < 1.29 is 0 Å². The maximum Gasteiger partial charge on any atom is 0.125 e. The third kappa shape index (κ3) is 3.39. The average molecular weight is 263 g/mol. The van der Waals surface area contributed by atoms with Gasteiger partial charge in [0.15, 0.2) is 0 Å². The van der Waals surface area contributed by atoms with Gasteiger partial charge in [-0.1, -0.05) is 0 Å². The summed E-state index contributed by atoms with van der Waals surface area (Å²) >= 11 is 1.85. The molecule has 60 valence electrons. The average Bonchev–Trinajstić information content (AvgIpc) is 2.05. The van der Waals surface area contributed by atoms with Crippen molar-refractivity contribution in [3.63, 3.8) is 0 Å². The Morgan fingerprint density at radius 1 is 1.91 bits per heavy atom. The van der Waals surface area contributed by atoms with E-state index in [1.807, 2.05) is 22.9 Å². The molecule has 0 fully saturated rings. The van der Waals surface area contributed by atoms with E-state index in [1.165, 1.54) is 0 Å². The second kappa shape index (κ2) is 6.19. The lowest BCUT2D eigenvalue weighted by Crippen LogP contribution is -2.14. The number of rotatable bonds is 3. The van der Waals surface area contributed by atoms with Gasteiger partial charge in [0.25, 0.3) is 0 Å². The number of nitrogens with zero attached hydrogens (tertiary/aromatic N) is 1. The van der Waals surface area contributed by atoms with Gasteiger partial charge in [0.05, 0.1) is 22.9 Å². The van der Waals surface area contributed by atoms with E-state index >= 15 is 0 Å². The highest BCUT2D eigenvalue weighted by Crippen LogP contribution is 1.97. The normalized spacial score (nSPS) is 12.5. The van der Waals surface area contributed by atoms with Crippen molar-refractivity contribution in [2.75, 3.05) is 13.6 Å². The summed E-state index contributed by atoms with van der Waals surface area (Å²) in [6.45, 7) is 0.396. The molecule has 0 rings (SSSR count). The highest BCUT2D eigenvalue weighted by Gasteiger charge is 1.99. The summed E-state index contributed by atoms with van der Waals surface area (Å²) < 4.78 is 3.86. The molecular weight excluding hydrogens is 253 g/mol. The smallest absolute Gasteiger partial charge is 0.125 e. The van der Waals surface area contributed by atoms with Gasteiger partial charge >= 0.3 is 0 Å². The molecular formula is C7H10IN3. The molecule has 0 aliphatic carbocycles. The Balaban J connectivity index is 4.52. The van der Waals surface area contributed by atoms with Gasteiger partial charge in [0.1, 0.15) is 5.71 Å². The quantitative estimate of drug-likeness (QED) is 0.442. The fourth-order valence-electron chi connectivity index (χ4n) is 0.570. The predicted molar refractivity (Wildman–Crippen MR) is 56.5 cm³/mol. The first kappa shape index (κ1) is 10.5. The van der Waals surface area contributed by atoms with Gasteiger partial charge in [0.2, 0.25) is 0 Å². The van der Waals surface area contributed by atoms with Crippen molar-refractivity contribution in [2.45, 2.75) is 0 Å². The van der Waals surface area contributed by atoms with Crippen LogP contribution < -0.4 is 11.1 Å². The SMILES string of the molecule is C#CC(=N/I)/C(=C\NC)CN. The first-order valence-corrected chi connectivity index (χ1v) is 3.99. The summed E-state index contributed by atoms with van der Waals surface area (Å²) in [5.41, 5.74) is 6.85. The van der Waals surface area contributed by atoms with E-state index in [-0.39, 0.29) is 0 Å². The van der Waals surface area contributed by atoms with Crippen molar-refractivity contribution in [2.24, 2.45) is 8.94 Å². The van der Waals surface area contributed by atoms with E-state index in [2.05, 4.69) is 14.4 Å². The lowest BCUT2D eigenvalue weighted by Gasteiger charge is -2.00. The van der Waals surface area contributed by atoms with E-state index < -0.39 is 0 Å². The minimum atomic E-state index is 0.396. The minimum absolute atomic E-state index is 0.396. The van der Waals surface area contributed by atoms with Gasteiger partial charge in [0, 0.05) is 25.4 Å². The number of hydrogen-bond donors (Lipinski definition) is 2. The number of halogens is 1. The molecule has 0 radical (unpaired) electrons. The first-order valence-electron chi connectivity index (χ1n) is 3.02. The molecule has 11 heavy (non-hydrogen) atoms. The zero-order valence-corrected chi connectivity index (χ0v) is 8.42. The Kier molecular flexibility index (Phi) is 5.88. The summed E-state index contributed by atoms with van der Waals surface area (Å²) in [6, 6.07) is 0. The fourth-order valence-corrected chi connectivity index (χ4v) is 1.02. The highest BCUT2D eigenvalue weighted by atomic mass is 127. The summed E-state index contributed by atoms with van der Waals surface area (Å²) in [6.07, 6.45) is 6.93. The fraction of sp³-hybridized carbons (Fsp3) is 0.286. The standard InChI is InChI=1S/C7H10IN3/c1-3-7(11-8)6(4-9)5-10-2/h1,5,10H,4,9H2,2H3/b6-5-,11-7-. The Morgan fingerprint density at radius 2 is 2.55 bits per heavy atom. The van der Waals surface area contributed by atoms with E-state index in [0.29, 0.717) is 12.3 Å². The van der Waals surface area contributed by atoms with Gasteiger partial charge in [-0.2, -0.15) is 0 Å². The Bertz CT molecular complexity index is 212. The molecule has 3 nitrogen and oxygen atoms in total. The third-order valence-electron chi connectivity index (χ3n) is 1.06. The van der Waals surface area contributed by atoms with Crippen LogP contribution in [0.25, 0.3) is 0 Å². The maximum absolute atomic E-state index is 5.42. The lowest BCUT2D eigenvalue weighted by molar-refractivity contribution is 1.06. The van der Waals surface area contributed by atoms with Crippen LogP contribution in [0.1, 0.15) is 0 Å². The zero-order chi connectivity index (χ0) is 8.69. The molecule has 0 saturated carbocycles. The Morgan fingerprint density at radius 3 is 2.82 bits per heavy atom. The van der Waals surface area contributed by atoms with Crippen LogP contribution in [0, 0.1) is 12.3 Å². The molecule has 0 aromatic heterocycles. The largest absolute Gasteiger partial charge is 0.394 e. The monoisotopic (exact) mass is 263 g/mol. The van der Waals surface area contributed by atoms with Crippen LogP contribution >= 0.6 is 22.9 Å². The zero-order valence-electron chi connectivity index (χ0n) is 6.26. The van der Waals surface area contributed by atoms with Crippen molar-refractivity contribution in [1.29, 1.82) is 0 Å². The molecule has 0 atom stereocenters. The minimum Gasteiger partial charge on any atom is -0.394 e. The molecule has 0 heterocycles. The van der Waals surface area contributed by atoms with Gasteiger partial charge < -0.3 is 11.1 Å². The van der Waals surface area contributed by atoms with Crippen LogP contribution in [-0.4, -0.2) is 19.3 Å². The third-order valence-corrected chi connectivity index (χ3v) is 1.55. The summed E-state index contributed by atoms with van der Waals surface area (Å²) in [5, 5.41) is 2.85. The van der Waals surface area contributed by atoms with Crippen LogP contribution in [0.3, 0.4) is 0 Å². The second-order valence-electron chi connectivity index (χ2n) is 1.74. The second-order valence-corrected chi connectivity index (χ2v) is 2.22.